The van der Waals surface area contributed by atoms with Gasteiger partial charge in [-0.3, -0.25) is 0 Å². The highest BCUT2D eigenvalue weighted by Crippen LogP contribution is 2.32. The Balaban J connectivity index is 1.69. The first-order valence-corrected chi connectivity index (χ1v) is 12.9. The lowest BCUT2D eigenvalue weighted by atomic mass is 10.0. The molecule has 0 radical (unpaired) electrons. The summed E-state index contributed by atoms with van der Waals surface area (Å²) in [6.07, 6.45) is 1.85. The van der Waals surface area contributed by atoms with E-state index < -0.39 is 0 Å². The fourth-order valence-corrected chi connectivity index (χ4v) is 5.87. The minimum atomic E-state index is 0.679. The van der Waals surface area contributed by atoms with Crippen LogP contribution in [0, 0.1) is 0 Å². The Labute approximate surface area is 212 Å². The number of hydrogen-bond acceptors (Lipinski definition) is 5. The number of methoxy groups -OCH3 is 1. The molecule has 0 bridgehead atoms. The lowest BCUT2D eigenvalue weighted by molar-refractivity contribution is 0.415. The summed E-state index contributed by atoms with van der Waals surface area (Å²) in [5, 5.41) is 9.85. The molecule has 2 aromatic heterocycles. The topological polar surface area (TPSA) is 38.9 Å². The zero-order valence-corrected chi connectivity index (χ0v) is 21.4. The van der Waals surface area contributed by atoms with Gasteiger partial charge in [-0.2, -0.15) is 5.10 Å². The number of thiophene rings is 1. The normalized spacial score (nSPS) is 12.2. The molecule has 4 nitrogen and oxygen atoms in total. The Morgan fingerprint density at radius 2 is 1.82 bits per heavy atom. The molecular weight excluding hydrogens is 538 g/mol. The SMILES string of the molecule is COc1ccc2ccccc2c1/C=N/n1c(-c2ccc(Br)s2)csc1=Nc1ccc(Cl)cc1. The first kappa shape index (κ1) is 22.1. The van der Waals surface area contributed by atoms with Crippen molar-refractivity contribution >= 4 is 72.9 Å². The van der Waals surface area contributed by atoms with Crippen molar-refractivity contribution in [3.05, 3.63) is 97.4 Å². The second-order valence-corrected chi connectivity index (χ2v) is 10.8. The summed E-state index contributed by atoms with van der Waals surface area (Å²) in [7, 11) is 1.68. The number of rotatable bonds is 5. The summed E-state index contributed by atoms with van der Waals surface area (Å²) in [5.74, 6) is 0.768. The van der Waals surface area contributed by atoms with Gasteiger partial charge < -0.3 is 4.74 Å². The molecule has 0 aliphatic rings. The van der Waals surface area contributed by atoms with Crippen molar-refractivity contribution in [2.24, 2.45) is 10.1 Å². The van der Waals surface area contributed by atoms with Crippen LogP contribution < -0.4 is 9.54 Å². The molecule has 0 amide bonds. The molecule has 0 spiro atoms. The predicted molar refractivity (Wildman–Crippen MR) is 143 cm³/mol. The predicted octanol–water partition coefficient (Wildman–Crippen LogP) is 7.97. The van der Waals surface area contributed by atoms with E-state index in [0.717, 1.165) is 46.9 Å². The minimum Gasteiger partial charge on any atom is -0.496 e. The van der Waals surface area contributed by atoms with E-state index in [1.165, 1.54) is 11.3 Å². The molecule has 164 valence electrons. The number of hydrogen-bond donors (Lipinski definition) is 0. The first-order chi connectivity index (χ1) is 16.1. The van der Waals surface area contributed by atoms with Crippen LogP contribution in [0.4, 0.5) is 5.69 Å². The Hall–Kier alpha value is -2.71. The zero-order valence-electron chi connectivity index (χ0n) is 17.4. The third kappa shape index (κ3) is 4.68. The van der Waals surface area contributed by atoms with Gasteiger partial charge in [-0.1, -0.05) is 41.9 Å². The monoisotopic (exact) mass is 553 g/mol. The Kier molecular flexibility index (Phi) is 6.46. The summed E-state index contributed by atoms with van der Waals surface area (Å²) < 4.78 is 8.58. The number of fused-ring (bicyclic) bond motifs is 1. The van der Waals surface area contributed by atoms with E-state index in [9.17, 15) is 0 Å². The van der Waals surface area contributed by atoms with Gasteiger partial charge in [0.2, 0.25) is 4.80 Å². The first-order valence-electron chi connectivity index (χ1n) is 9.99. The standard InChI is InChI=1S/C25H17BrClN3OS2/c1-31-22-11-6-16-4-2-3-5-19(16)20(22)14-28-30-21(23-12-13-24(26)33-23)15-32-25(30)29-18-9-7-17(27)8-10-18/h2-15H,1H3/b28-14+,29-25?. The van der Waals surface area contributed by atoms with Crippen LogP contribution in [-0.2, 0) is 0 Å². The average Bonchev–Trinajstić information content (AvgIpc) is 3.44. The maximum Gasteiger partial charge on any atom is 0.211 e. The van der Waals surface area contributed by atoms with Crippen LogP contribution in [0.3, 0.4) is 0 Å². The van der Waals surface area contributed by atoms with Crippen molar-refractivity contribution in [1.29, 1.82) is 0 Å². The minimum absolute atomic E-state index is 0.679. The number of nitrogens with zero attached hydrogens (tertiary/aromatic N) is 3. The van der Waals surface area contributed by atoms with E-state index in [1.54, 1.807) is 18.4 Å². The number of aromatic nitrogens is 1. The molecule has 0 saturated heterocycles. The van der Waals surface area contributed by atoms with Gasteiger partial charge in [0, 0.05) is 16.0 Å². The maximum atomic E-state index is 6.04. The number of ether oxygens (including phenoxy) is 1. The van der Waals surface area contributed by atoms with Crippen LogP contribution in [0.1, 0.15) is 5.56 Å². The number of thiazole rings is 1. The van der Waals surface area contributed by atoms with Gasteiger partial charge in [0.05, 0.1) is 33.4 Å². The number of benzene rings is 3. The summed E-state index contributed by atoms with van der Waals surface area (Å²) >= 11 is 12.8. The van der Waals surface area contributed by atoms with Gasteiger partial charge in [0.15, 0.2) is 0 Å². The fourth-order valence-electron chi connectivity index (χ4n) is 3.44. The molecule has 0 atom stereocenters. The van der Waals surface area contributed by atoms with Crippen LogP contribution in [0.15, 0.2) is 92.1 Å². The van der Waals surface area contributed by atoms with E-state index in [0.29, 0.717) is 5.02 Å². The van der Waals surface area contributed by atoms with Gasteiger partial charge in [-0.15, -0.1) is 22.7 Å². The van der Waals surface area contributed by atoms with E-state index in [1.807, 2.05) is 59.4 Å². The quantitative estimate of drug-likeness (QED) is 0.203. The maximum absolute atomic E-state index is 6.04. The second-order valence-electron chi connectivity index (χ2n) is 7.05. The van der Waals surface area contributed by atoms with Gasteiger partial charge in [0.25, 0.3) is 0 Å². The summed E-state index contributed by atoms with van der Waals surface area (Å²) in [4.78, 5) is 6.67. The van der Waals surface area contributed by atoms with Crippen LogP contribution >= 0.6 is 50.2 Å². The van der Waals surface area contributed by atoms with Crippen LogP contribution in [0.5, 0.6) is 5.75 Å². The zero-order chi connectivity index (χ0) is 22.8. The summed E-state index contributed by atoms with van der Waals surface area (Å²) in [6, 6.07) is 23.8. The molecule has 0 aliphatic heterocycles. The number of halogens is 2. The van der Waals surface area contributed by atoms with E-state index in [4.69, 9.17) is 26.4 Å². The highest BCUT2D eigenvalue weighted by molar-refractivity contribution is 9.11. The molecule has 5 aromatic rings. The summed E-state index contributed by atoms with van der Waals surface area (Å²) in [6.45, 7) is 0. The molecule has 2 heterocycles. The van der Waals surface area contributed by atoms with Gasteiger partial charge in [0.1, 0.15) is 5.75 Å². The van der Waals surface area contributed by atoms with E-state index in [2.05, 4.69) is 45.6 Å². The average molecular weight is 555 g/mol. The second kappa shape index (κ2) is 9.65. The molecule has 33 heavy (non-hydrogen) atoms. The van der Waals surface area contributed by atoms with Crippen LogP contribution in [0.2, 0.25) is 5.02 Å². The van der Waals surface area contributed by atoms with Gasteiger partial charge >= 0.3 is 0 Å². The van der Waals surface area contributed by atoms with Gasteiger partial charge in [-0.25, -0.2) is 9.67 Å². The van der Waals surface area contributed by atoms with Crippen molar-refractivity contribution < 1.29 is 4.74 Å². The molecule has 0 aliphatic carbocycles. The van der Waals surface area contributed by atoms with E-state index >= 15 is 0 Å². The Morgan fingerprint density at radius 1 is 1.00 bits per heavy atom. The van der Waals surface area contributed by atoms with Crippen molar-refractivity contribution in [3.8, 4) is 16.3 Å². The van der Waals surface area contributed by atoms with Crippen molar-refractivity contribution in [2.75, 3.05) is 7.11 Å². The van der Waals surface area contributed by atoms with E-state index in [-0.39, 0.29) is 0 Å². The molecular formula is C25H17BrClN3OS2. The lowest BCUT2D eigenvalue weighted by Crippen LogP contribution is -2.11. The third-order valence-corrected chi connectivity index (χ3v) is 7.73. The summed E-state index contributed by atoms with van der Waals surface area (Å²) in [5.41, 5.74) is 2.70. The Bertz CT molecular complexity index is 1530. The molecule has 5 rings (SSSR count). The molecule has 0 fully saturated rings. The third-order valence-electron chi connectivity index (χ3n) is 5.02. The highest BCUT2D eigenvalue weighted by atomic mass is 79.9. The molecule has 0 saturated carbocycles. The molecule has 0 unspecified atom stereocenters. The lowest BCUT2D eigenvalue weighted by Gasteiger charge is -2.09. The van der Waals surface area contributed by atoms with Crippen molar-refractivity contribution in [3.63, 3.8) is 0 Å². The molecule has 0 N–H and O–H groups in total. The highest BCUT2D eigenvalue weighted by Gasteiger charge is 2.11. The largest absolute Gasteiger partial charge is 0.496 e. The fraction of sp³-hybridized carbons (Fsp3) is 0.0400. The molecule has 8 heteroatoms. The Morgan fingerprint density at radius 3 is 2.58 bits per heavy atom. The van der Waals surface area contributed by atoms with Crippen molar-refractivity contribution in [2.45, 2.75) is 0 Å². The van der Waals surface area contributed by atoms with Crippen LogP contribution in [-0.4, -0.2) is 18.0 Å². The molecule has 3 aromatic carbocycles. The van der Waals surface area contributed by atoms with Crippen LogP contribution in [0.25, 0.3) is 21.3 Å². The smallest absolute Gasteiger partial charge is 0.211 e. The van der Waals surface area contributed by atoms with Gasteiger partial charge in [-0.05, 0) is 69.2 Å². The van der Waals surface area contributed by atoms with Crippen molar-refractivity contribution in [1.82, 2.24) is 4.68 Å².